The first-order valence-corrected chi connectivity index (χ1v) is 0.866. The second-order valence-electron chi connectivity index (χ2n) is 0. The van der Waals surface area contributed by atoms with Crippen molar-refractivity contribution in [2.45, 2.75) is 0 Å². The average molecular weight is 339 g/mol. The minimum absolute atomic E-state index is 0. The SMILES string of the molecule is O=[SiH2].[Ba+2].[Cu].[H-].[H-].[H-].[H-].[Sr+2]. The Balaban J connectivity index is -0.000000000238. The van der Waals surface area contributed by atoms with Crippen molar-refractivity contribution in [2.24, 2.45) is 0 Å². The van der Waals surface area contributed by atoms with E-state index in [-0.39, 0.29) is 117 Å². The molecular formula is H6BaCuOSiSr. The summed E-state index contributed by atoms with van der Waals surface area (Å²) < 4.78 is 8.28. The molecule has 0 aromatic carbocycles. The van der Waals surface area contributed by atoms with E-state index in [9.17, 15) is 0 Å². The van der Waals surface area contributed by atoms with Gasteiger partial charge in [0, 0.05) is 17.1 Å². The maximum absolute atomic E-state index is 8.28. The van der Waals surface area contributed by atoms with Crippen LogP contribution in [0, 0.1) is 0 Å². The standard InChI is InChI=1S/Ba.Cu.H2OSi.Sr.4H/c;;1-2;;;;;/h;;2H2;;;;;/q+2;;;+2;4*-1. The molecule has 0 rings (SSSR count). The van der Waals surface area contributed by atoms with Crippen LogP contribution in [0.5, 0.6) is 0 Å². The van der Waals surface area contributed by atoms with Crippen LogP contribution in [0.4, 0.5) is 0 Å². The maximum atomic E-state index is 8.28. The van der Waals surface area contributed by atoms with Crippen LogP contribution in [0.1, 0.15) is 5.71 Å². The second kappa shape index (κ2) is 25.6. The van der Waals surface area contributed by atoms with Crippen molar-refractivity contribution in [2.75, 3.05) is 0 Å². The summed E-state index contributed by atoms with van der Waals surface area (Å²) in [7, 11) is 0.611. The molecule has 0 amide bonds. The van der Waals surface area contributed by atoms with E-state index in [4.69, 9.17) is 4.46 Å². The Morgan fingerprint density at radius 2 is 1.40 bits per heavy atom. The fourth-order valence-corrected chi connectivity index (χ4v) is 0. The first-order chi connectivity index (χ1) is 1.00. The van der Waals surface area contributed by atoms with E-state index in [0.717, 1.165) is 0 Å². The topological polar surface area (TPSA) is 17.1 Å². The molecule has 0 aromatic heterocycles. The molecule has 0 atom stereocenters. The molecule has 0 aliphatic carbocycles. The average Bonchev–Trinajstić information content (AvgIpc) is 1.00. The van der Waals surface area contributed by atoms with Crippen molar-refractivity contribution < 1.29 is 27.2 Å². The van der Waals surface area contributed by atoms with E-state index in [1.807, 2.05) is 0 Å². The van der Waals surface area contributed by atoms with Gasteiger partial charge in [-0.15, -0.1) is 0 Å². The number of rotatable bonds is 0. The third-order valence-electron chi connectivity index (χ3n) is 0. The van der Waals surface area contributed by atoms with Gasteiger partial charge in [-0.25, -0.2) is 0 Å². The zero-order valence-electron chi connectivity index (χ0n) is 6.83. The van der Waals surface area contributed by atoms with Gasteiger partial charge < -0.3 is 10.2 Å². The molecule has 0 aliphatic heterocycles. The van der Waals surface area contributed by atoms with Crippen molar-refractivity contribution in [1.82, 2.24) is 0 Å². The molecule has 1 radical (unpaired) electrons. The van der Waals surface area contributed by atoms with E-state index in [0.29, 0.717) is 10.1 Å². The van der Waals surface area contributed by atoms with Crippen molar-refractivity contribution in [1.29, 1.82) is 0 Å². The van der Waals surface area contributed by atoms with Crippen molar-refractivity contribution in [3.8, 4) is 0 Å². The van der Waals surface area contributed by atoms with Gasteiger partial charge in [0.2, 0.25) is 10.1 Å². The van der Waals surface area contributed by atoms with E-state index in [2.05, 4.69) is 0 Å². The summed E-state index contributed by atoms with van der Waals surface area (Å²) in [5, 5.41) is 0. The van der Waals surface area contributed by atoms with Crippen molar-refractivity contribution in [3.63, 3.8) is 0 Å². The van der Waals surface area contributed by atoms with E-state index >= 15 is 0 Å². The van der Waals surface area contributed by atoms with Crippen LogP contribution < -0.4 is 0 Å². The van der Waals surface area contributed by atoms with Crippen LogP contribution in [0.2, 0.25) is 0 Å². The van der Waals surface area contributed by atoms with Crippen LogP contribution >= 0.6 is 0 Å². The van der Waals surface area contributed by atoms with Crippen molar-refractivity contribution in [3.05, 3.63) is 0 Å². The van der Waals surface area contributed by atoms with Gasteiger partial charge in [-0.05, 0) is 0 Å². The molecular weight excluding hydrogens is 333 g/mol. The van der Waals surface area contributed by atoms with Crippen LogP contribution in [0.15, 0.2) is 0 Å². The monoisotopic (exact) mass is 339 g/mol. The molecule has 0 N–H and O–H groups in total. The van der Waals surface area contributed by atoms with Gasteiger partial charge in [0.15, 0.2) is 0 Å². The molecule has 0 fully saturated rings. The summed E-state index contributed by atoms with van der Waals surface area (Å²) in [6.07, 6.45) is 0. The minimum atomic E-state index is 0. The third kappa shape index (κ3) is 18.4. The van der Waals surface area contributed by atoms with E-state index in [1.54, 1.807) is 0 Å². The Morgan fingerprint density at radius 3 is 1.40 bits per heavy atom. The van der Waals surface area contributed by atoms with Crippen LogP contribution in [0.3, 0.4) is 0 Å². The fourth-order valence-electron chi connectivity index (χ4n) is 0. The maximum Gasteiger partial charge on any atom is 2.00 e. The molecule has 0 heterocycles. The molecule has 0 aromatic rings. The summed E-state index contributed by atoms with van der Waals surface area (Å²) in [6, 6.07) is 0. The zero-order valence-corrected chi connectivity index (χ0v) is 13.1. The molecule has 31 valence electrons. The Morgan fingerprint density at radius 1 is 1.40 bits per heavy atom. The largest absolute Gasteiger partial charge is 2.00 e. The van der Waals surface area contributed by atoms with Gasteiger partial charge in [0.25, 0.3) is 0 Å². The summed E-state index contributed by atoms with van der Waals surface area (Å²) in [4.78, 5) is 0. The predicted molar refractivity (Wildman–Crippen MR) is 25.2 cm³/mol. The molecule has 5 heavy (non-hydrogen) atoms. The summed E-state index contributed by atoms with van der Waals surface area (Å²) in [5.74, 6) is 0. The van der Waals surface area contributed by atoms with E-state index in [1.165, 1.54) is 0 Å². The first kappa shape index (κ1) is 23.5. The minimum Gasteiger partial charge on any atom is -1.00 e. The van der Waals surface area contributed by atoms with Crippen LogP contribution in [-0.4, -0.2) is 104 Å². The van der Waals surface area contributed by atoms with Gasteiger partial charge in [-0.3, -0.25) is 0 Å². The number of hydrogen-bond acceptors (Lipinski definition) is 1. The Hall–Kier alpha value is 3.59. The summed E-state index contributed by atoms with van der Waals surface area (Å²) in [5.41, 5.74) is 0. The van der Waals surface area contributed by atoms with Gasteiger partial charge >= 0.3 is 94.4 Å². The molecule has 0 unspecified atom stereocenters. The van der Waals surface area contributed by atoms with Crippen molar-refractivity contribution >= 4 is 104 Å². The zero-order chi connectivity index (χ0) is 2.00. The third-order valence-corrected chi connectivity index (χ3v) is 0. The molecule has 5 heteroatoms. The smallest absolute Gasteiger partial charge is 1.00 e. The molecule has 0 saturated carbocycles. The van der Waals surface area contributed by atoms with E-state index < -0.39 is 0 Å². The normalized spacial score (nSPS) is 0.800. The Bertz CT molecular complexity index is 20.5. The first-order valence-electron chi connectivity index (χ1n) is 0.289. The summed E-state index contributed by atoms with van der Waals surface area (Å²) in [6.45, 7) is 0. The Labute approximate surface area is 128 Å². The Kier molecular flexibility index (Phi) is 120. The summed E-state index contributed by atoms with van der Waals surface area (Å²) >= 11 is 0. The van der Waals surface area contributed by atoms with Gasteiger partial charge in [-0.2, -0.15) is 0 Å². The molecule has 1 nitrogen and oxygen atoms in total. The molecule has 0 saturated heterocycles. The fraction of sp³-hybridized carbons (Fsp3) is 0. The van der Waals surface area contributed by atoms with Gasteiger partial charge in [0.05, 0.1) is 0 Å². The van der Waals surface area contributed by atoms with Crippen LogP contribution in [0.25, 0.3) is 0 Å². The van der Waals surface area contributed by atoms with Gasteiger partial charge in [-0.1, -0.05) is 0 Å². The van der Waals surface area contributed by atoms with Crippen LogP contribution in [-0.2, 0) is 21.5 Å². The molecule has 0 spiro atoms. The predicted octanol–water partition coefficient (Wildman–Crippen LogP) is -1.35. The van der Waals surface area contributed by atoms with Gasteiger partial charge in [0.1, 0.15) is 0 Å². The second-order valence-corrected chi connectivity index (χ2v) is 0. The number of hydrogen-bond donors (Lipinski definition) is 0. The molecule has 0 aliphatic rings. The quantitative estimate of drug-likeness (QED) is 0.499. The molecule has 0 bridgehead atoms.